The Bertz CT molecular complexity index is 799. The second-order valence-electron chi connectivity index (χ2n) is 9.25. The molecule has 3 heterocycles. The van der Waals surface area contributed by atoms with Crippen LogP contribution < -0.4 is 0 Å². The molecule has 0 unspecified atom stereocenters. The van der Waals surface area contributed by atoms with E-state index >= 15 is 0 Å². The fourth-order valence-corrected chi connectivity index (χ4v) is 4.74. The highest BCUT2D eigenvalue weighted by atomic mass is 32.2. The van der Waals surface area contributed by atoms with Crippen LogP contribution in [0.5, 0.6) is 0 Å². The zero-order chi connectivity index (χ0) is 28.7. The minimum absolute atomic E-state index is 0.158. The summed E-state index contributed by atoms with van der Waals surface area (Å²) in [6.45, 7) is 2.14. The molecule has 3 saturated heterocycles. The summed E-state index contributed by atoms with van der Waals surface area (Å²) in [6, 6.07) is 0. The Labute approximate surface area is 219 Å². The summed E-state index contributed by atoms with van der Waals surface area (Å²) in [7, 11) is -3.84. The Kier molecular flexibility index (Phi) is 13.1. The van der Waals surface area contributed by atoms with Gasteiger partial charge in [-0.15, -0.1) is 0 Å². The van der Waals surface area contributed by atoms with Crippen molar-refractivity contribution in [1.82, 2.24) is 9.80 Å². The van der Waals surface area contributed by atoms with Crippen LogP contribution in [0.4, 0.5) is 0 Å². The van der Waals surface area contributed by atoms with Crippen molar-refractivity contribution in [1.29, 1.82) is 0 Å². The van der Waals surface area contributed by atoms with Crippen LogP contribution in [0.1, 0.15) is 0 Å². The van der Waals surface area contributed by atoms with Gasteiger partial charge in [-0.05, 0) is 0 Å². The molecule has 0 bridgehead atoms. The fourth-order valence-electron chi connectivity index (χ4n) is 4.25. The highest BCUT2D eigenvalue weighted by Gasteiger charge is 2.58. The number of piperazine rings is 1. The lowest BCUT2D eigenvalue weighted by atomic mass is 9.99. The molecule has 0 aromatic rings. The Morgan fingerprint density at radius 1 is 0.789 bits per heavy atom. The van der Waals surface area contributed by atoms with Crippen LogP contribution in [0, 0.1) is 0 Å². The first-order chi connectivity index (χ1) is 17.8. The summed E-state index contributed by atoms with van der Waals surface area (Å²) in [5, 5.41) is 85.4. The van der Waals surface area contributed by atoms with E-state index in [4.69, 9.17) is 34.1 Å². The van der Waals surface area contributed by atoms with Gasteiger partial charge in [-0.25, -0.2) is 0 Å². The molecule has 0 aliphatic carbocycles. The fraction of sp³-hybridized carbons (Fsp3) is 1.00. The predicted octanol–water partition coefficient (Wildman–Crippen LogP) is -6.91. The number of rotatable bonds is 10. The summed E-state index contributed by atoms with van der Waals surface area (Å²) in [5.74, 6) is -2.42. The van der Waals surface area contributed by atoms with E-state index in [0.717, 1.165) is 26.2 Å². The third kappa shape index (κ3) is 8.67. The van der Waals surface area contributed by atoms with E-state index in [9.17, 15) is 39.1 Å². The van der Waals surface area contributed by atoms with Crippen LogP contribution in [0.3, 0.4) is 0 Å². The average molecular weight is 581 g/mol. The molecule has 0 aromatic carbocycles. The van der Waals surface area contributed by atoms with Crippen molar-refractivity contribution in [2.75, 3.05) is 71.4 Å². The first kappa shape index (κ1) is 33.6. The van der Waals surface area contributed by atoms with Crippen molar-refractivity contribution < 1.29 is 73.1 Å². The summed E-state index contributed by atoms with van der Waals surface area (Å²) in [5.41, 5.74) is 0. The Hall–Kier alpha value is -0.650. The molecule has 0 amide bonds. The number of hydrogen-bond acceptors (Lipinski definition) is 16. The van der Waals surface area contributed by atoms with Crippen molar-refractivity contribution in [2.24, 2.45) is 0 Å². The zero-order valence-corrected chi connectivity index (χ0v) is 21.5. The molecule has 0 spiro atoms. The smallest absolute Gasteiger partial charge is 0.266 e. The number of β-amino-alcohol motifs (C(OH)–C–C–N with tert-alkyl or cyclic N) is 1. The molecule has 0 saturated carbocycles. The first-order valence-electron chi connectivity index (χ1n) is 12.1. The van der Waals surface area contributed by atoms with Crippen LogP contribution in [-0.2, 0) is 24.3 Å². The van der Waals surface area contributed by atoms with Gasteiger partial charge in [0.25, 0.3) is 10.1 Å². The molecule has 17 nitrogen and oxygen atoms in total. The van der Waals surface area contributed by atoms with Gasteiger partial charge in [-0.3, -0.25) is 14.4 Å². The van der Waals surface area contributed by atoms with E-state index < -0.39 is 84.7 Å². The normalized spacial score (nSPS) is 39.1. The molecule has 0 radical (unpaired) electrons. The second kappa shape index (κ2) is 14.8. The monoisotopic (exact) mass is 580 g/mol. The first-order valence-corrected chi connectivity index (χ1v) is 13.7. The maximum atomic E-state index is 10.5. The van der Waals surface area contributed by atoms with Crippen LogP contribution in [0.15, 0.2) is 0 Å². The summed E-state index contributed by atoms with van der Waals surface area (Å²) in [4.78, 5) is 4.13. The number of ether oxygens (including phenoxy) is 3. The number of aliphatic hydroxyl groups is 9. The number of aliphatic hydroxyl groups excluding tert-OH is 9. The van der Waals surface area contributed by atoms with E-state index in [1.54, 1.807) is 0 Å². The van der Waals surface area contributed by atoms with Gasteiger partial charge in [-0.1, -0.05) is 0 Å². The van der Waals surface area contributed by atoms with Crippen molar-refractivity contribution in [2.45, 2.75) is 54.8 Å². The zero-order valence-electron chi connectivity index (χ0n) is 20.7. The molecule has 18 heteroatoms. The molecule has 0 aromatic heterocycles. The van der Waals surface area contributed by atoms with Crippen molar-refractivity contribution in [3.05, 3.63) is 0 Å². The molecule has 3 fully saturated rings. The number of nitrogens with zero attached hydrogens (tertiary/aromatic N) is 2. The lowest BCUT2D eigenvalue weighted by Gasteiger charge is -2.43. The van der Waals surface area contributed by atoms with Crippen molar-refractivity contribution in [3.8, 4) is 0 Å². The van der Waals surface area contributed by atoms with E-state index in [-0.39, 0.29) is 12.4 Å². The third-order valence-electron chi connectivity index (χ3n) is 6.62. The predicted molar refractivity (Wildman–Crippen MR) is 125 cm³/mol. The van der Waals surface area contributed by atoms with E-state index in [0.29, 0.717) is 13.1 Å². The van der Waals surface area contributed by atoms with Gasteiger partial charge in [0.1, 0.15) is 49.3 Å². The Morgan fingerprint density at radius 2 is 1.34 bits per heavy atom. The van der Waals surface area contributed by atoms with E-state index in [1.807, 2.05) is 4.90 Å². The summed E-state index contributed by atoms with van der Waals surface area (Å²) >= 11 is 0. The standard InChI is InChI=1S/C12H22O11.C8H18N2O4S/c13-1-4-6(16)8(18)9(19)11(21-4)23-12(3-15)10(20)7(17)5(2-14)22-12;11-7-5-9-1-3-10(4-2-9)6-8-15(12,13)14/h4-11,13-20H,1-3H2;11H,1-8H2,(H,12,13,14)/t4-,5-,6-,7-,8+,9-,10+,11-,12+;/m1./s1. The van der Waals surface area contributed by atoms with Gasteiger partial charge < -0.3 is 60.2 Å². The van der Waals surface area contributed by atoms with Crippen molar-refractivity contribution >= 4 is 10.1 Å². The third-order valence-corrected chi connectivity index (χ3v) is 7.32. The molecule has 3 aliphatic heterocycles. The minimum Gasteiger partial charge on any atom is -0.395 e. The molecule has 10 N–H and O–H groups in total. The topological polar surface area (TPSA) is 271 Å². The Balaban J connectivity index is 0.000000293. The lowest BCUT2D eigenvalue weighted by molar-refractivity contribution is -0.383. The van der Waals surface area contributed by atoms with Crippen LogP contribution in [-0.4, -0.2) is 195 Å². The van der Waals surface area contributed by atoms with Gasteiger partial charge in [0.05, 0.1) is 25.6 Å². The van der Waals surface area contributed by atoms with Gasteiger partial charge in [-0.2, -0.15) is 8.42 Å². The highest BCUT2D eigenvalue weighted by Crippen LogP contribution is 2.35. The maximum absolute atomic E-state index is 10.5. The minimum atomic E-state index is -3.84. The number of hydrogen-bond donors (Lipinski definition) is 10. The van der Waals surface area contributed by atoms with Gasteiger partial charge in [0.2, 0.25) is 5.79 Å². The van der Waals surface area contributed by atoms with Crippen molar-refractivity contribution in [3.63, 3.8) is 0 Å². The van der Waals surface area contributed by atoms with Gasteiger partial charge in [0.15, 0.2) is 6.29 Å². The molecular weight excluding hydrogens is 540 g/mol. The lowest BCUT2D eigenvalue weighted by Crippen LogP contribution is -2.62. The second-order valence-corrected chi connectivity index (χ2v) is 10.8. The van der Waals surface area contributed by atoms with Crippen LogP contribution in [0.2, 0.25) is 0 Å². The quantitative estimate of drug-likeness (QED) is 0.107. The van der Waals surface area contributed by atoms with E-state index in [2.05, 4.69) is 4.90 Å². The highest BCUT2D eigenvalue weighted by molar-refractivity contribution is 7.85. The van der Waals surface area contributed by atoms with E-state index in [1.165, 1.54) is 0 Å². The molecule has 9 atom stereocenters. The van der Waals surface area contributed by atoms with Gasteiger partial charge in [0, 0.05) is 39.3 Å². The molecular formula is C20H40N2O15S. The summed E-state index contributed by atoms with van der Waals surface area (Å²) < 4.78 is 45.1. The molecule has 3 rings (SSSR count). The van der Waals surface area contributed by atoms with Crippen LogP contribution >= 0.6 is 0 Å². The van der Waals surface area contributed by atoms with Gasteiger partial charge >= 0.3 is 0 Å². The van der Waals surface area contributed by atoms with Crippen LogP contribution in [0.25, 0.3) is 0 Å². The molecule has 3 aliphatic rings. The average Bonchev–Trinajstić information content (AvgIpc) is 3.13. The Morgan fingerprint density at radius 3 is 1.79 bits per heavy atom. The molecule has 226 valence electrons. The summed E-state index contributed by atoms with van der Waals surface area (Å²) in [6.07, 6.45) is -12.7. The largest absolute Gasteiger partial charge is 0.395 e. The SMILES string of the molecule is O=S(=O)(O)CCN1CCN(CCO)CC1.OC[C@H]1O[C@@](CO)(O[C@H]2O[C@H](CO)[C@@H](O)[C@H](O)[C@H]2O)[C@@H](O)[C@@H]1O. The molecule has 38 heavy (non-hydrogen) atoms. The maximum Gasteiger partial charge on any atom is 0.266 e.